The summed E-state index contributed by atoms with van der Waals surface area (Å²) < 4.78 is 5.09. The molecule has 0 aliphatic carbocycles. The second-order valence-corrected chi connectivity index (χ2v) is 2.94. The Balaban J connectivity index is 2.95. The van der Waals surface area contributed by atoms with E-state index in [1.807, 2.05) is 31.2 Å². The van der Waals surface area contributed by atoms with E-state index in [4.69, 9.17) is 16.2 Å². The van der Waals surface area contributed by atoms with Crippen molar-refractivity contribution in [1.29, 1.82) is 0 Å². The topological polar surface area (TPSA) is 86.0 Å². The van der Waals surface area contributed by atoms with Crippen molar-refractivity contribution >= 4 is 11.7 Å². The first kappa shape index (κ1) is 11.0. The van der Waals surface area contributed by atoms with Crippen molar-refractivity contribution < 1.29 is 4.74 Å². The van der Waals surface area contributed by atoms with E-state index in [0.29, 0.717) is 0 Å². The highest BCUT2D eigenvalue weighted by Crippen LogP contribution is 2.13. The van der Waals surface area contributed by atoms with E-state index in [1.165, 1.54) is 0 Å². The number of rotatable bonds is 3. The Morgan fingerprint density at radius 2 is 2.00 bits per heavy atom. The smallest absolute Gasteiger partial charge is 0.211 e. The predicted octanol–water partition coefficient (Wildman–Crippen LogP) is 0.693. The lowest BCUT2D eigenvalue weighted by molar-refractivity contribution is 0.414. The highest BCUT2D eigenvalue weighted by molar-refractivity contribution is 5.99. The van der Waals surface area contributed by atoms with Gasteiger partial charge in [-0.2, -0.15) is 5.10 Å². The van der Waals surface area contributed by atoms with Crippen LogP contribution in [0, 0.1) is 0 Å². The molecule has 5 nitrogen and oxygen atoms in total. The number of guanidine groups is 1. The molecule has 1 rings (SSSR count). The van der Waals surface area contributed by atoms with Gasteiger partial charge in [0.05, 0.1) is 12.8 Å². The third-order valence-electron chi connectivity index (χ3n) is 1.80. The average molecular weight is 206 g/mol. The molecule has 0 amide bonds. The summed E-state index contributed by atoms with van der Waals surface area (Å²) in [5, 5.41) is 7.44. The van der Waals surface area contributed by atoms with Gasteiger partial charge in [0.2, 0.25) is 5.96 Å². The third-order valence-corrected chi connectivity index (χ3v) is 1.80. The minimum absolute atomic E-state index is 0.0581. The molecule has 1 aromatic carbocycles. The molecule has 0 saturated carbocycles. The molecule has 15 heavy (non-hydrogen) atoms. The lowest BCUT2D eigenvalue weighted by Crippen LogP contribution is -2.22. The zero-order chi connectivity index (χ0) is 11.3. The summed E-state index contributed by atoms with van der Waals surface area (Å²) >= 11 is 0. The van der Waals surface area contributed by atoms with Crippen LogP contribution in [0.4, 0.5) is 0 Å². The van der Waals surface area contributed by atoms with Crippen molar-refractivity contribution in [2.45, 2.75) is 6.92 Å². The van der Waals surface area contributed by atoms with Crippen LogP contribution in [0.1, 0.15) is 12.5 Å². The molecule has 0 saturated heterocycles. The van der Waals surface area contributed by atoms with E-state index in [0.717, 1.165) is 17.0 Å². The maximum Gasteiger partial charge on any atom is 0.211 e. The molecule has 0 atom stereocenters. The van der Waals surface area contributed by atoms with Crippen molar-refractivity contribution in [3.05, 3.63) is 29.8 Å². The lowest BCUT2D eigenvalue weighted by atomic mass is 10.1. The lowest BCUT2D eigenvalue weighted by Gasteiger charge is -2.02. The molecule has 0 aromatic heterocycles. The van der Waals surface area contributed by atoms with E-state index in [9.17, 15) is 0 Å². The fourth-order valence-corrected chi connectivity index (χ4v) is 1.04. The highest BCUT2D eigenvalue weighted by atomic mass is 16.5. The summed E-state index contributed by atoms with van der Waals surface area (Å²) in [4.78, 5) is 0. The van der Waals surface area contributed by atoms with E-state index in [-0.39, 0.29) is 5.96 Å². The van der Waals surface area contributed by atoms with Gasteiger partial charge >= 0.3 is 0 Å². The zero-order valence-corrected chi connectivity index (χ0v) is 8.77. The van der Waals surface area contributed by atoms with Crippen molar-refractivity contribution in [2.75, 3.05) is 7.11 Å². The first-order valence-electron chi connectivity index (χ1n) is 4.41. The van der Waals surface area contributed by atoms with Crippen LogP contribution in [0.15, 0.2) is 34.5 Å². The molecule has 1 aromatic rings. The van der Waals surface area contributed by atoms with E-state index >= 15 is 0 Å². The quantitative estimate of drug-likeness (QED) is 0.433. The van der Waals surface area contributed by atoms with Gasteiger partial charge in [0.25, 0.3) is 0 Å². The summed E-state index contributed by atoms with van der Waals surface area (Å²) in [6.07, 6.45) is 0. The predicted molar refractivity (Wildman–Crippen MR) is 61.0 cm³/mol. The number of nitrogens with two attached hydrogens (primary N) is 2. The second kappa shape index (κ2) is 4.99. The monoisotopic (exact) mass is 206 g/mol. The fourth-order valence-electron chi connectivity index (χ4n) is 1.04. The minimum atomic E-state index is -0.0581. The normalized spacial score (nSPS) is 10.9. The summed E-state index contributed by atoms with van der Waals surface area (Å²) in [6.45, 7) is 1.82. The molecular formula is C10H14N4O. The molecule has 0 radical (unpaired) electrons. The van der Waals surface area contributed by atoms with Gasteiger partial charge in [0, 0.05) is 5.56 Å². The molecule has 0 heterocycles. The first-order valence-corrected chi connectivity index (χ1v) is 4.41. The van der Waals surface area contributed by atoms with Gasteiger partial charge in [-0.05, 0) is 19.1 Å². The van der Waals surface area contributed by atoms with Gasteiger partial charge in [-0.1, -0.05) is 12.1 Å². The summed E-state index contributed by atoms with van der Waals surface area (Å²) in [5.74, 6) is 0.712. The third kappa shape index (κ3) is 3.30. The minimum Gasteiger partial charge on any atom is -0.497 e. The number of nitrogens with zero attached hydrogens (tertiary/aromatic N) is 2. The van der Waals surface area contributed by atoms with E-state index in [1.54, 1.807) is 7.11 Å². The number of hydrogen-bond donors (Lipinski definition) is 2. The van der Waals surface area contributed by atoms with Crippen LogP contribution in [-0.4, -0.2) is 18.8 Å². The molecule has 0 aliphatic heterocycles. The standard InChI is InChI=1S/C10H14N4O/c1-7(13-14-10(11)12)8-4-3-5-9(6-8)15-2/h3-6H,1-2H3,(H4,11,12,14)/b13-7+. The Hall–Kier alpha value is -2.04. The Morgan fingerprint density at radius 3 is 2.60 bits per heavy atom. The molecule has 5 heteroatoms. The molecular weight excluding hydrogens is 192 g/mol. The molecule has 0 bridgehead atoms. The van der Waals surface area contributed by atoms with Crippen LogP contribution < -0.4 is 16.2 Å². The second-order valence-electron chi connectivity index (χ2n) is 2.94. The van der Waals surface area contributed by atoms with Crippen LogP contribution >= 0.6 is 0 Å². The van der Waals surface area contributed by atoms with Gasteiger partial charge in [-0.3, -0.25) is 0 Å². The van der Waals surface area contributed by atoms with Crippen LogP contribution in [0.5, 0.6) is 5.75 Å². The van der Waals surface area contributed by atoms with E-state index in [2.05, 4.69) is 10.2 Å². The van der Waals surface area contributed by atoms with Crippen LogP contribution in [0.3, 0.4) is 0 Å². The first-order chi connectivity index (χ1) is 7.13. The molecule has 80 valence electrons. The Labute approximate surface area is 88.4 Å². The molecule has 4 N–H and O–H groups in total. The maximum atomic E-state index is 5.17. The van der Waals surface area contributed by atoms with Crippen LogP contribution in [-0.2, 0) is 0 Å². The molecule has 0 aliphatic rings. The SMILES string of the molecule is COc1cccc(/C(C)=N/N=C(N)N)c1. The van der Waals surface area contributed by atoms with Crippen molar-refractivity contribution in [1.82, 2.24) is 0 Å². The number of ether oxygens (including phenoxy) is 1. The van der Waals surface area contributed by atoms with Crippen LogP contribution in [0.2, 0.25) is 0 Å². The average Bonchev–Trinajstić information content (AvgIpc) is 2.26. The maximum absolute atomic E-state index is 5.17. The zero-order valence-electron chi connectivity index (χ0n) is 8.77. The summed E-state index contributed by atoms with van der Waals surface area (Å²) in [6, 6.07) is 7.50. The summed E-state index contributed by atoms with van der Waals surface area (Å²) in [7, 11) is 1.61. The molecule has 0 spiro atoms. The Morgan fingerprint density at radius 1 is 1.27 bits per heavy atom. The van der Waals surface area contributed by atoms with Crippen molar-refractivity contribution in [3.8, 4) is 5.75 Å². The summed E-state index contributed by atoms with van der Waals surface area (Å²) in [5.41, 5.74) is 12.0. The van der Waals surface area contributed by atoms with E-state index < -0.39 is 0 Å². The largest absolute Gasteiger partial charge is 0.497 e. The van der Waals surface area contributed by atoms with Gasteiger partial charge in [0.15, 0.2) is 0 Å². The van der Waals surface area contributed by atoms with Crippen LogP contribution in [0.25, 0.3) is 0 Å². The van der Waals surface area contributed by atoms with Crippen molar-refractivity contribution in [2.24, 2.45) is 21.7 Å². The van der Waals surface area contributed by atoms with Gasteiger partial charge in [0.1, 0.15) is 5.75 Å². The van der Waals surface area contributed by atoms with Gasteiger partial charge in [-0.15, -0.1) is 5.10 Å². The number of hydrogen-bond acceptors (Lipinski definition) is 3. The Bertz CT molecular complexity index is 394. The van der Waals surface area contributed by atoms with Gasteiger partial charge in [-0.25, -0.2) is 0 Å². The van der Waals surface area contributed by atoms with Gasteiger partial charge < -0.3 is 16.2 Å². The fraction of sp³-hybridized carbons (Fsp3) is 0.200. The highest BCUT2D eigenvalue weighted by Gasteiger charge is 1.98. The van der Waals surface area contributed by atoms with Crippen molar-refractivity contribution in [3.63, 3.8) is 0 Å². The number of benzene rings is 1. The Kier molecular flexibility index (Phi) is 3.68. The molecule has 0 unspecified atom stereocenters. The number of methoxy groups -OCH3 is 1. The molecule has 0 fully saturated rings.